The topological polar surface area (TPSA) is 47.2 Å². The third kappa shape index (κ3) is 7.84. The molecule has 260 valence electrons. The van der Waals surface area contributed by atoms with Crippen LogP contribution in [0.1, 0.15) is 16.7 Å². The Morgan fingerprint density at radius 3 is 1.18 bits per heavy atom. The van der Waals surface area contributed by atoms with E-state index in [2.05, 4.69) is 0 Å². The van der Waals surface area contributed by atoms with Crippen molar-refractivity contribution in [3.05, 3.63) is 189 Å². The number of aromatic nitrogens is 2. The summed E-state index contributed by atoms with van der Waals surface area (Å²) < 4.78 is 62.7. The van der Waals surface area contributed by atoms with Crippen molar-refractivity contribution >= 4 is 13.5 Å². The molecule has 3 aromatic carbocycles. The average Bonchev–Trinajstić information content (AvgIpc) is 3.26. The zero-order chi connectivity index (χ0) is 36.6. The molecular formula is C39H30F6N3O2P. The number of fused-ring (bicyclic) bond motifs is 2. The Hall–Kier alpha value is -5.80. The summed E-state index contributed by atoms with van der Waals surface area (Å²) in [6.07, 6.45) is 0. The van der Waals surface area contributed by atoms with Crippen LogP contribution in [0.15, 0.2) is 155 Å². The van der Waals surface area contributed by atoms with E-state index in [0.29, 0.717) is 17.0 Å². The van der Waals surface area contributed by atoms with E-state index in [9.17, 15) is 34.8 Å². The van der Waals surface area contributed by atoms with E-state index < -0.39 is 7.81 Å². The summed E-state index contributed by atoms with van der Waals surface area (Å²) in [4.78, 5) is 31.6. The number of para-hydroxylation sites is 2. The van der Waals surface area contributed by atoms with Crippen molar-refractivity contribution in [2.24, 2.45) is 0 Å². The molecule has 2 heterocycles. The first kappa shape index (κ1) is 35.0. The van der Waals surface area contributed by atoms with Crippen molar-refractivity contribution in [3.8, 4) is 33.9 Å². The SMILES string of the molecule is CN(C)c1ccc([C+](c2c3cccccc-3n(-c3ccccc3)c2=O)c2c3cccccc-3n(-c3ccccc3)c2=O)cc1.F[P-](F)(F)(F)(F)F. The molecule has 0 spiro atoms. The van der Waals surface area contributed by atoms with Gasteiger partial charge in [0.1, 0.15) is 11.1 Å². The summed E-state index contributed by atoms with van der Waals surface area (Å²) >= 11 is 0. The van der Waals surface area contributed by atoms with Crippen LogP contribution >= 0.6 is 7.81 Å². The maximum absolute atomic E-state index is 14.8. The summed E-state index contributed by atoms with van der Waals surface area (Å²) in [6.45, 7) is 0. The summed E-state index contributed by atoms with van der Waals surface area (Å²) in [7, 11) is -6.67. The summed E-state index contributed by atoms with van der Waals surface area (Å²) in [6, 6.07) is 46.9. The molecule has 0 radical (unpaired) electrons. The standard InChI is InChI=1S/C39H30N3O2.F6P/c1-40(2)28-25-23-27(24-26-28)35(36-31-19-11-5-13-21-33(31)41(38(36)43)29-15-7-3-8-16-29)37-32-20-12-6-14-22-34(32)42(39(37)44)30-17-9-4-10-18-30;1-7(2,3,4,5)6/h3-26H,1-2H3;/q+1;-1. The number of rotatable bonds is 6. The number of nitrogens with zero attached hydrogens (tertiary/aromatic N) is 3. The predicted molar refractivity (Wildman–Crippen MR) is 192 cm³/mol. The summed E-state index contributed by atoms with van der Waals surface area (Å²) in [5.41, 5.74) is 7.07. The van der Waals surface area contributed by atoms with Crippen LogP contribution < -0.4 is 16.0 Å². The molecular weight excluding hydrogens is 687 g/mol. The summed E-state index contributed by atoms with van der Waals surface area (Å²) in [5.74, 6) is 0.613. The number of hydrogen-bond acceptors (Lipinski definition) is 3. The Kier molecular flexibility index (Phi) is 8.60. The molecule has 0 aromatic heterocycles. The number of benzene rings is 3. The first-order valence-corrected chi connectivity index (χ1v) is 17.6. The van der Waals surface area contributed by atoms with Gasteiger partial charge in [0, 0.05) is 19.8 Å². The average molecular weight is 718 g/mol. The van der Waals surface area contributed by atoms with Gasteiger partial charge in [-0.2, -0.15) is 0 Å². The second-order valence-electron chi connectivity index (χ2n) is 11.9. The van der Waals surface area contributed by atoms with Gasteiger partial charge in [-0.1, -0.05) is 72.8 Å². The molecule has 0 saturated carbocycles. The van der Waals surface area contributed by atoms with Gasteiger partial charge in [-0.25, -0.2) is 18.7 Å². The zero-order valence-corrected chi connectivity index (χ0v) is 28.1. The molecule has 5 nitrogen and oxygen atoms in total. The third-order valence-corrected chi connectivity index (χ3v) is 8.09. The Morgan fingerprint density at radius 2 is 0.824 bits per heavy atom. The van der Waals surface area contributed by atoms with Crippen LogP contribution in [0.2, 0.25) is 0 Å². The van der Waals surface area contributed by atoms with Crippen LogP contribution in [0.4, 0.5) is 30.9 Å². The van der Waals surface area contributed by atoms with Crippen LogP contribution in [-0.4, -0.2) is 23.2 Å². The molecule has 12 heteroatoms. The number of halogens is 6. The molecule has 0 amide bonds. The van der Waals surface area contributed by atoms with E-state index in [0.717, 1.165) is 45.1 Å². The normalized spacial score (nSPS) is 12.8. The molecule has 0 bridgehead atoms. The van der Waals surface area contributed by atoms with Gasteiger partial charge in [-0.15, -0.1) is 0 Å². The van der Waals surface area contributed by atoms with E-state index in [1.165, 1.54) is 0 Å². The molecule has 0 saturated heterocycles. The fourth-order valence-electron chi connectivity index (χ4n) is 6.05. The Balaban J connectivity index is 0.000000582. The van der Waals surface area contributed by atoms with Gasteiger partial charge >= 0.3 is 44.1 Å². The molecule has 4 aliphatic rings. The first-order valence-electron chi connectivity index (χ1n) is 15.6. The van der Waals surface area contributed by atoms with Gasteiger partial charge in [-0.05, 0) is 72.8 Å². The number of hydrogen-bond donors (Lipinski definition) is 0. The van der Waals surface area contributed by atoms with Crippen molar-refractivity contribution < 1.29 is 25.2 Å². The van der Waals surface area contributed by atoms with E-state index in [1.807, 2.05) is 165 Å². The van der Waals surface area contributed by atoms with Gasteiger partial charge in [0.2, 0.25) is 0 Å². The monoisotopic (exact) mass is 717 g/mol. The van der Waals surface area contributed by atoms with Crippen LogP contribution in [0, 0.1) is 5.92 Å². The van der Waals surface area contributed by atoms with Gasteiger partial charge in [0.05, 0.1) is 45.4 Å². The van der Waals surface area contributed by atoms with E-state index >= 15 is 0 Å². The van der Waals surface area contributed by atoms with Crippen molar-refractivity contribution in [2.45, 2.75) is 0 Å². The zero-order valence-electron chi connectivity index (χ0n) is 27.2. The molecule has 0 fully saturated rings. The van der Waals surface area contributed by atoms with Gasteiger partial charge in [0.25, 0.3) is 0 Å². The summed E-state index contributed by atoms with van der Waals surface area (Å²) in [5, 5.41) is 0. The molecule has 0 unspecified atom stereocenters. The molecule has 7 rings (SSSR count). The van der Waals surface area contributed by atoms with E-state index in [4.69, 9.17) is 0 Å². The van der Waals surface area contributed by atoms with Gasteiger partial charge in [-0.3, -0.25) is 0 Å². The minimum atomic E-state index is -10.7. The van der Waals surface area contributed by atoms with E-state index in [-0.39, 0.29) is 11.1 Å². The molecule has 2 aliphatic carbocycles. The van der Waals surface area contributed by atoms with E-state index in [1.54, 1.807) is 9.13 Å². The van der Waals surface area contributed by atoms with Crippen molar-refractivity contribution in [1.29, 1.82) is 0 Å². The first-order chi connectivity index (χ1) is 24.0. The van der Waals surface area contributed by atoms with Crippen LogP contribution in [-0.2, 0) is 0 Å². The Bertz CT molecular complexity index is 2240. The second-order valence-corrected chi connectivity index (χ2v) is 13.8. The Labute approximate surface area is 289 Å². The molecule has 0 N–H and O–H groups in total. The quantitative estimate of drug-likeness (QED) is 0.0978. The molecule has 2 aliphatic heterocycles. The predicted octanol–water partition coefficient (Wildman–Crippen LogP) is 10.7. The number of anilines is 1. The minimum absolute atomic E-state index is 0.176. The van der Waals surface area contributed by atoms with Crippen molar-refractivity contribution in [1.82, 2.24) is 9.13 Å². The van der Waals surface area contributed by atoms with Crippen molar-refractivity contribution in [3.63, 3.8) is 0 Å². The fraction of sp³-hybridized carbons (Fsp3) is 0.0513. The molecule has 51 heavy (non-hydrogen) atoms. The van der Waals surface area contributed by atoms with Crippen LogP contribution in [0.25, 0.3) is 33.9 Å². The van der Waals surface area contributed by atoms with Crippen LogP contribution in [0.5, 0.6) is 0 Å². The fourth-order valence-corrected chi connectivity index (χ4v) is 6.05. The van der Waals surface area contributed by atoms with Crippen molar-refractivity contribution in [2.75, 3.05) is 19.0 Å². The second kappa shape index (κ2) is 12.5. The Morgan fingerprint density at radius 1 is 0.490 bits per heavy atom. The van der Waals surface area contributed by atoms with Gasteiger partial charge in [0.15, 0.2) is 0 Å². The molecule has 3 aromatic rings. The molecule has 0 atom stereocenters. The van der Waals surface area contributed by atoms with Gasteiger partial charge < -0.3 is 4.90 Å². The maximum atomic E-state index is 14.8. The van der Waals surface area contributed by atoms with Crippen LogP contribution in [0.3, 0.4) is 0 Å². The third-order valence-electron chi connectivity index (χ3n) is 8.09.